The maximum atomic E-state index is 2.24. The first-order valence-electron chi connectivity index (χ1n) is 6.07. The van der Waals surface area contributed by atoms with Crippen molar-refractivity contribution in [3.63, 3.8) is 0 Å². The molecule has 0 fully saturated rings. The second kappa shape index (κ2) is 16.6. The summed E-state index contributed by atoms with van der Waals surface area (Å²) in [6, 6.07) is 17.5. The molecule has 2 aromatic rings. The Morgan fingerprint density at radius 2 is 0.714 bits per heavy atom. The Hall–Kier alpha value is 1.75. The molecule has 3 radical (unpaired) electrons. The third-order valence-corrected chi connectivity index (χ3v) is 3.00. The monoisotopic (exact) mass is 507 g/mol. The third-order valence-electron chi connectivity index (χ3n) is 3.00. The predicted octanol–water partition coefficient (Wildman–Crippen LogP) is 5.10. The maximum absolute atomic E-state index is 2.24. The molecule has 0 heterocycles. The van der Waals surface area contributed by atoms with E-state index in [-0.39, 0.29) is 113 Å². The van der Waals surface area contributed by atoms with E-state index >= 15 is 0 Å². The Bertz CT molecular complexity index is 394. The van der Waals surface area contributed by atoms with Crippen LogP contribution in [0.2, 0.25) is 0 Å². The first-order valence-corrected chi connectivity index (χ1v) is 6.07. The number of hydrogen-bond acceptors (Lipinski definition) is 0. The Kier molecular flexibility index (Phi) is 24.2. The van der Waals surface area contributed by atoms with E-state index in [0.717, 1.165) is 12.8 Å². The van der Waals surface area contributed by atoms with Gasteiger partial charge in [-0.1, -0.05) is 62.4 Å². The maximum Gasteiger partial charge on any atom is 0 e. The summed E-state index contributed by atoms with van der Waals surface area (Å²) in [6.07, 6.45) is 2.21. The van der Waals surface area contributed by atoms with E-state index in [1.807, 2.05) is 13.8 Å². The number of rotatable bonds is 0. The topological polar surface area (TPSA) is 0 Å². The molecule has 0 atom stereocenters. The molecular weight excluding hydrogens is 483 g/mol. The second-order valence-corrected chi connectivity index (χ2v) is 3.89. The Morgan fingerprint density at radius 3 is 0.905 bits per heavy atom. The van der Waals surface area contributed by atoms with Gasteiger partial charge in [0.1, 0.15) is 0 Å². The zero-order chi connectivity index (χ0) is 11.4. The quantitative estimate of drug-likeness (QED) is 0.372. The molecule has 107 valence electrons. The minimum Gasteiger partial charge on any atom is -0.358 e. The zero-order valence-electron chi connectivity index (χ0n) is 13.8. The summed E-state index contributed by atoms with van der Waals surface area (Å²) in [7, 11) is 0. The molecule has 1 aliphatic carbocycles. The van der Waals surface area contributed by atoms with Crippen molar-refractivity contribution in [2.75, 3.05) is 0 Å². The largest absolute Gasteiger partial charge is 0.358 e. The molecule has 0 N–H and O–H groups in total. The summed E-state index contributed by atoms with van der Waals surface area (Å²) in [5, 5.41) is 0. The summed E-state index contributed by atoms with van der Waals surface area (Å²) in [5.74, 6) is 0. The zero-order valence-corrected chi connectivity index (χ0v) is 22.3. The molecule has 0 unspecified atom stereocenters. The van der Waals surface area contributed by atoms with Crippen LogP contribution >= 0.6 is 0 Å². The van der Waals surface area contributed by atoms with Gasteiger partial charge in [0.15, 0.2) is 0 Å². The fourth-order valence-corrected chi connectivity index (χ4v) is 2.22. The van der Waals surface area contributed by atoms with Gasteiger partial charge in [0.05, 0.1) is 0 Å². The summed E-state index contributed by atoms with van der Waals surface area (Å²) in [4.78, 5) is 0. The number of benzene rings is 2. The van der Waals surface area contributed by atoms with Crippen LogP contribution in [0.25, 0.3) is 0 Å². The summed E-state index contributed by atoms with van der Waals surface area (Å²) < 4.78 is 0. The van der Waals surface area contributed by atoms with Gasteiger partial charge in [-0.2, -0.15) is 0 Å². The molecule has 1 aliphatic rings. The average Bonchev–Trinajstić information content (AvgIpc) is 2.38. The minimum absolute atomic E-state index is 0. The molecule has 3 heteroatoms. The molecule has 0 amide bonds. The van der Waals surface area contributed by atoms with E-state index in [2.05, 4.69) is 48.5 Å². The van der Waals surface area contributed by atoms with Crippen molar-refractivity contribution in [1.82, 2.24) is 0 Å². The van der Waals surface area contributed by atoms with Crippen molar-refractivity contribution in [2.24, 2.45) is 0 Å². The van der Waals surface area contributed by atoms with Gasteiger partial charge in [-0.15, -0.1) is 0 Å². The molecule has 21 heavy (non-hydrogen) atoms. The van der Waals surface area contributed by atoms with Gasteiger partial charge < -0.3 is 14.9 Å². The van der Waals surface area contributed by atoms with Crippen molar-refractivity contribution >= 4 is 0 Å². The van der Waals surface area contributed by atoms with Crippen LogP contribution in [0.3, 0.4) is 0 Å². The molecule has 0 bridgehead atoms. The normalized spacial score (nSPS) is 9.05. The summed E-state index contributed by atoms with van der Waals surface area (Å²) in [6.45, 7) is 4.00. The predicted molar refractivity (Wildman–Crippen MR) is 82.7 cm³/mol. The molecular formula is C18H24Y3-2. The van der Waals surface area contributed by atoms with Crippen LogP contribution in [0.15, 0.2) is 48.5 Å². The van der Waals surface area contributed by atoms with Crippen LogP contribution in [0, 0.1) is 14.9 Å². The van der Waals surface area contributed by atoms with E-state index in [4.69, 9.17) is 0 Å². The van der Waals surface area contributed by atoms with E-state index in [1.54, 1.807) is 0 Å². The van der Waals surface area contributed by atoms with Gasteiger partial charge in [0.2, 0.25) is 0 Å². The number of hydrogen-bond donors (Lipinski definition) is 0. The van der Waals surface area contributed by atoms with E-state index in [0.29, 0.717) is 0 Å². The fourth-order valence-electron chi connectivity index (χ4n) is 2.22. The van der Waals surface area contributed by atoms with Crippen LogP contribution in [0.1, 0.15) is 36.1 Å². The summed E-state index contributed by atoms with van der Waals surface area (Å²) in [5.41, 5.74) is 5.97. The first kappa shape index (κ1) is 30.6. The van der Waals surface area contributed by atoms with Gasteiger partial charge in [0, 0.05) is 98.1 Å². The summed E-state index contributed by atoms with van der Waals surface area (Å²) >= 11 is 0. The van der Waals surface area contributed by atoms with E-state index in [9.17, 15) is 0 Å². The molecule has 0 saturated carbocycles. The molecule has 0 aliphatic heterocycles. The Balaban J connectivity index is -0.000000199. The van der Waals surface area contributed by atoms with Crippen LogP contribution in [0.5, 0.6) is 0 Å². The number of fused-ring (bicyclic) bond motifs is 2. The van der Waals surface area contributed by atoms with Crippen LogP contribution < -0.4 is 0 Å². The SMILES string of the molecule is CC.[CH3-].[CH3-].[Y].[Y].[Y].c1ccc2c(c1)Cc1ccccc1C2. The molecule has 0 nitrogen and oxygen atoms in total. The first-order chi connectivity index (χ1) is 7.93. The minimum atomic E-state index is 0. The van der Waals surface area contributed by atoms with Crippen molar-refractivity contribution in [3.8, 4) is 0 Å². The van der Waals surface area contributed by atoms with Crippen molar-refractivity contribution in [1.29, 1.82) is 0 Å². The van der Waals surface area contributed by atoms with E-state index < -0.39 is 0 Å². The standard InChI is InChI=1S/C14H12.C2H6.2CH3.3Y/c1-2-6-12-10-14-8-4-3-7-13(14)9-11(12)5-1;1-2;;;;;/h1-8H,9-10H2;1-2H3;2*1H3;;;/q;;2*-1;;;. The third kappa shape index (κ3) is 8.42. The molecule has 0 aromatic heterocycles. The van der Waals surface area contributed by atoms with Crippen LogP contribution in [-0.4, -0.2) is 0 Å². The van der Waals surface area contributed by atoms with Crippen molar-refractivity contribution in [2.45, 2.75) is 26.7 Å². The van der Waals surface area contributed by atoms with Crippen LogP contribution in [0.4, 0.5) is 0 Å². The van der Waals surface area contributed by atoms with Gasteiger partial charge in [-0.05, 0) is 35.1 Å². The van der Waals surface area contributed by atoms with Gasteiger partial charge in [-0.3, -0.25) is 0 Å². The van der Waals surface area contributed by atoms with E-state index in [1.165, 1.54) is 22.3 Å². The second-order valence-electron chi connectivity index (χ2n) is 3.89. The fraction of sp³-hybridized carbons (Fsp3) is 0.222. The molecule has 0 saturated heterocycles. The smallest absolute Gasteiger partial charge is 0 e. The van der Waals surface area contributed by atoms with Crippen molar-refractivity contribution in [3.05, 3.63) is 85.6 Å². The Morgan fingerprint density at radius 1 is 0.524 bits per heavy atom. The van der Waals surface area contributed by atoms with Crippen molar-refractivity contribution < 1.29 is 98.1 Å². The van der Waals surface area contributed by atoms with Gasteiger partial charge in [-0.25, -0.2) is 0 Å². The van der Waals surface area contributed by atoms with Gasteiger partial charge >= 0.3 is 0 Å². The van der Waals surface area contributed by atoms with Gasteiger partial charge in [0.25, 0.3) is 0 Å². The van der Waals surface area contributed by atoms with Crippen LogP contribution in [-0.2, 0) is 111 Å². The molecule has 2 aromatic carbocycles. The molecule has 3 rings (SSSR count). The average molecular weight is 507 g/mol. The molecule has 0 spiro atoms. The Labute approximate surface area is 207 Å².